The van der Waals surface area contributed by atoms with E-state index < -0.39 is 16.0 Å². The summed E-state index contributed by atoms with van der Waals surface area (Å²) in [6.07, 6.45) is 2.32. The number of nitrogens with zero attached hydrogens (tertiary/aromatic N) is 1. The molecule has 1 N–H and O–H groups in total. The number of aryl methyl sites for hydroxylation is 1. The fraction of sp³-hybridized carbons (Fsp3) is 0.241. The summed E-state index contributed by atoms with van der Waals surface area (Å²) in [5, 5.41) is 12.6. The van der Waals surface area contributed by atoms with Gasteiger partial charge >= 0.3 is 0 Å². The molecule has 1 aromatic heterocycles. The molecule has 0 saturated carbocycles. The maximum absolute atomic E-state index is 11.8. The lowest BCUT2D eigenvalue weighted by molar-refractivity contribution is -0.305. The average Bonchev–Trinajstić information content (AvgIpc) is 2.89. The van der Waals surface area contributed by atoms with E-state index >= 15 is 0 Å². The lowest BCUT2D eigenvalue weighted by Gasteiger charge is -2.19. The number of carbonyl (C=O) groups is 1. The summed E-state index contributed by atoms with van der Waals surface area (Å²) < 4.78 is 32.2. The maximum Gasteiger partial charge on any atom is 0.229 e. The van der Waals surface area contributed by atoms with Gasteiger partial charge in [-0.3, -0.25) is 4.72 Å². The Hall–Kier alpha value is -3.27. The Morgan fingerprint density at radius 1 is 1.08 bits per heavy atom. The molecule has 1 unspecified atom stereocenters. The van der Waals surface area contributed by atoms with Crippen molar-refractivity contribution >= 4 is 55.9 Å². The van der Waals surface area contributed by atoms with Crippen LogP contribution in [0.3, 0.4) is 0 Å². The van der Waals surface area contributed by atoms with Crippen LogP contribution >= 0.6 is 23.4 Å². The van der Waals surface area contributed by atoms with Crippen LogP contribution < -0.4 is 14.6 Å². The molecule has 0 radical (unpaired) electrons. The van der Waals surface area contributed by atoms with E-state index in [2.05, 4.69) is 9.71 Å². The molecule has 4 aromatic rings. The third-order valence-electron chi connectivity index (χ3n) is 5.94. The molecule has 0 aliphatic rings. The van der Waals surface area contributed by atoms with Crippen LogP contribution in [0.1, 0.15) is 34.9 Å². The fourth-order valence-electron chi connectivity index (χ4n) is 4.13. The highest BCUT2D eigenvalue weighted by molar-refractivity contribution is 7.99. The molecule has 0 bridgehead atoms. The van der Waals surface area contributed by atoms with Gasteiger partial charge in [0.2, 0.25) is 10.0 Å². The lowest BCUT2D eigenvalue weighted by Crippen LogP contribution is -2.22. The molecule has 0 saturated heterocycles. The third-order valence-corrected chi connectivity index (χ3v) is 8.12. The van der Waals surface area contributed by atoms with Crippen molar-refractivity contribution < 1.29 is 23.1 Å². The molecule has 4 rings (SSSR count). The van der Waals surface area contributed by atoms with E-state index in [9.17, 15) is 18.3 Å². The fourth-order valence-corrected chi connectivity index (χ4v) is 6.09. The summed E-state index contributed by atoms with van der Waals surface area (Å²) in [5.74, 6) is -0.0272. The number of carboxylic acid groups (broad SMARTS) is 1. The van der Waals surface area contributed by atoms with Crippen LogP contribution in [0.15, 0.2) is 78.9 Å². The van der Waals surface area contributed by atoms with Gasteiger partial charge in [0.25, 0.3) is 0 Å². The van der Waals surface area contributed by atoms with E-state index in [1.54, 1.807) is 12.1 Å². The summed E-state index contributed by atoms with van der Waals surface area (Å²) in [6, 6.07) is 24.5. The molecule has 0 amide bonds. The number of rotatable bonds is 13. The zero-order valence-electron chi connectivity index (χ0n) is 21.3. The maximum atomic E-state index is 11.8. The molecule has 3 aromatic carbocycles. The largest absolute Gasteiger partial charge is 0.550 e. The lowest BCUT2D eigenvalue weighted by atomic mass is 10.0. The SMILES string of the molecule is CS(=O)(=O)Nc1ccccc1CCC(SCCC(=O)[O-])c1cccc(OCc2ccc3ccc(Cl)cc3n2)c1. The molecule has 7 nitrogen and oxygen atoms in total. The molecule has 39 heavy (non-hydrogen) atoms. The predicted molar refractivity (Wildman–Crippen MR) is 156 cm³/mol. The number of aromatic nitrogens is 1. The second-order valence-corrected chi connectivity index (χ2v) is 12.5. The van der Waals surface area contributed by atoms with Gasteiger partial charge in [0.05, 0.1) is 23.2 Å². The van der Waals surface area contributed by atoms with Gasteiger partial charge in [-0.15, -0.1) is 0 Å². The molecule has 0 aliphatic heterocycles. The first-order valence-electron chi connectivity index (χ1n) is 12.3. The molecular weight excluding hydrogens is 556 g/mol. The van der Waals surface area contributed by atoms with Crippen LogP contribution in [-0.4, -0.2) is 31.4 Å². The second-order valence-electron chi connectivity index (χ2n) is 9.05. The van der Waals surface area contributed by atoms with Crippen molar-refractivity contribution in [3.63, 3.8) is 0 Å². The van der Waals surface area contributed by atoms with Crippen LogP contribution in [0.5, 0.6) is 5.75 Å². The number of ether oxygens (including phenoxy) is 1. The quantitative estimate of drug-likeness (QED) is 0.225. The first-order chi connectivity index (χ1) is 18.7. The van der Waals surface area contributed by atoms with Gasteiger partial charge in [0.15, 0.2) is 0 Å². The third kappa shape index (κ3) is 8.88. The van der Waals surface area contributed by atoms with Crippen LogP contribution in [0.25, 0.3) is 10.9 Å². The van der Waals surface area contributed by atoms with E-state index in [-0.39, 0.29) is 18.3 Å². The Bertz CT molecular complexity index is 1560. The minimum absolute atomic E-state index is 0.0416. The van der Waals surface area contributed by atoms with E-state index in [4.69, 9.17) is 16.3 Å². The number of anilines is 1. The summed E-state index contributed by atoms with van der Waals surface area (Å²) in [4.78, 5) is 15.7. The number of carbonyl (C=O) groups excluding carboxylic acids is 1. The molecular formula is C29H28ClN2O5S2-. The number of thioether (sulfide) groups is 1. The summed E-state index contributed by atoms with van der Waals surface area (Å²) in [5.41, 5.74) is 3.96. The minimum Gasteiger partial charge on any atom is -0.550 e. The van der Waals surface area contributed by atoms with Gasteiger partial charge in [-0.25, -0.2) is 13.4 Å². The topological polar surface area (TPSA) is 108 Å². The highest BCUT2D eigenvalue weighted by Crippen LogP contribution is 2.36. The van der Waals surface area contributed by atoms with Crippen molar-refractivity contribution in [2.75, 3.05) is 16.7 Å². The predicted octanol–water partition coefficient (Wildman–Crippen LogP) is 5.39. The van der Waals surface area contributed by atoms with Crippen LogP contribution in [-0.2, 0) is 27.8 Å². The highest BCUT2D eigenvalue weighted by atomic mass is 35.5. The van der Waals surface area contributed by atoms with Crippen LogP contribution in [0, 0.1) is 0 Å². The summed E-state index contributed by atoms with van der Waals surface area (Å²) in [6.45, 7) is 0.277. The zero-order valence-corrected chi connectivity index (χ0v) is 23.7. The number of para-hydroxylation sites is 1. The van der Waals surface area contributed by atoms with Gasteiger partial charge < -0.3 is 14.6 Å². The van der Waals surface area contributed by atoms with E-state index in [0.29, 0.717) is 35.1 Å². The first kappa shape index (κ1) is 28.7. The molecule has 1 atom stereocenters. The smallest absolute Gasteiger partial charge is 0.229 e. The molecule has 0 aliphatic carbocycles. The Morgan fingerprint density at radius 2 is 1.87 bits per heavy atom. The van der Waals surface area contributed by atoms with Crippen molar-refractivity contribution in [2.45, 2.75) is 31.1 Å². The molecule has 0 spiro atoms. The van der Waals surface area contributed by atoms with Gasteiger partial charge in [0.1, 0.15) is 12.4 Å². The average molecular weight is 584 g/mol. The van der Waals surface area contributed by atoms with Crippen molar-refractivity contribution in [3.8, 4) is 5.75 Å². The summed E-state index contributed by atoms with van der Waals surface area (Å²) in [7, 11) is -3.42. The van der Waals surface area contributed by atoms with E-state index in [1.165, 1.54) is 11.8 Å². The standard InChI is InChI=1S/C29H29ClN2O5S2/c1-39(35,36)32-26-8-3-2-5-20(26)11-14-28(38-16-15-29(33)34)22-6-4-7-25(17-22)37-19-24-13-10-21-9-12-23(30)18-27(21)31-24/h2-10,12-13,17-18,28,32H,11,14-16,19H2,1H3,(H,33,34)/p-1. The van der Waals surface area contributed by atoms with Gasteiger partial charge in [-0.1, -0.05) is 54.1 Å². The zero-order chi connectivity index (χ0) is 27.8. The Kier molecular flexibility index (Phi) is 9.72. The van der Waals surface area contributed by atoms with Crippen molar-refractivity contribution in [3.05, 3.63) is 101 Å². The second kappa shape index (κ2) is 13.2. The van der Waals surface area contributed by atoms with E-state index in [0.717, 1.165) is 34.0 Å². The van der Waals surface area contributed by atoms with Crippen LogP contribution in [0.2, 0.25) is 5.02 Å². The highest BCUT2D eigenvalue weighted by Gasteiger charge is 2.16. The van der Waals surface area contributed by atoms with Crippen molar-refractivity contribution in [2.24, 2.45) is 0 Å². The number of sulfonamides is 1. The van der Waals surface area contributed by atoms with Crippen molar-refractivity contribution in [1.29, 1.82) is 0 Å². The number of hydrogen-bond donors (Lipinski definition) is 1. The van der Waals surface area contributed by atoms with E-state index in [1.807, 2.05) is 66.7 Å². The number of halogens is 1. The molecule has 1 heterocycles. The monoisotopic (exact) mass is 583 g/mol. The number of benzene rings is 3. The van der Waals surface area contributed by atoms with Gasteiger partial charge in [-0.2, -0.15) is 11.8 Å². The van der Waals surface area contributed by atoms with Crippen LogP contribution in [0.4, 0.5) is 5.69 Å². The molecule has 0 fully saturated rings. The number of nitrogens with one attached hydrogen (secondary N) is 1. The number of carboxylic acids is 1. The Labute approximate surface area is 237 Å². The summed E-state index contributed by atoms with van der Waals surface area (Å²) >= 11 is 7.63. The molecule has 10 heteroatoms. The molecule has 204 valence electrons. The number of hydrogen-bond acceptors (Lipinski definition) is 7. The normalized spacial score (nSPS) is 12.3. The Morgan fingerprint density at radius 3 is 2.67 bits per heavy atom. The van der Waals surface area contributed by atoms with Crippen molar-refractivity contribution in [1.82, 2.24) is 4.98 Å². The first-order valence-corrected chi connectivity index (χ1v) is 15.6. The Balaban J connectivity index is 1.48. The van der Waals surface area contributed by atoms with Gasteiger partial charge in [-0.05, 0) is 72.5 Å². The number of fused-ring (bicyclic) bond motifs is 1. The number of aliphatic carboxylic acids is 1. The van der Waals surface area contributed by atoms with Gasteiger partial charge in [0, 0.05) is 21.6 Å². The minimum atomic E-state index is -3.42. The number of pyridine rings is 1.